The third kappa shape index (κ3) is 2.18. The van der Waals surface area contributed by atoms with Gasteiger partial charge in [0.2, 0.25) is 0 Å². The first kappa shape index (κ1) is 12.9. The van der Waals surface area contributed by atoms with Crippen molar-refractivity contribution in [2.75, 3.05) is 21.3 Å². The second kappa shape index (κ2) is 5.25. The first-order valence-corrected chi connectivity index (χ1v) is 4.79. The van der Waals surface area contributed by atoms with Crippen molar-refractivity contribution in [3.8, 4) is 17.2 Å². The second-order valence-electron chi connectivity index (χ2n) is 3.12. The summed E-state index contributed by atoms with van der Waals surface area (Å²) in [4.78, 5) is 11.1. The zero-order valence-corrected chi connectivity index (χ0v) is 9.94. The molecule has 0 atom stereocenters. The van der Waals surface area contributed by atoms with Crippen LogP contribution in [-0.2, 0) is 0 Å². The molecule has 0 saturated heterocycles. The molecule has 5 heteroatoms. The van der Waals surface area contributed by atoms with E-state index in [-0.39, 0.29) is 11.3 Å². The molecule has 0 aliphatic carbocycles. The molecule has 0 saturated carbocycles. The molecule has 0 unspecified atom stereocenters. The van der Waals surface area contributed by atoms with Crippen molar-refractivity contribution in [2.45, 2.75) is 0 Å². The average Bonchev–Trinajstić information content (AvgIpc) is 2.35. The molecule has 92 valence electrons. The molecule has 17 heavy (non-hydrogen) atoms. The molecule has 1 rings (SSSR count). The summed E-state index contributed by atoms with van der Waals surface area (Å²) in [7, 11) is 4.25. The van der Waals surface area contributed by atoms with E-state index in [1.54, 1.807) is 0 Å². The number of rotatable bonds is 5. The Balaban J connectivity index is 3.66. The van der Waals surface area contributed by atoms with E-state index >= 15 is 0 Å². The van der Waals surface area contributed by atoms with Crippen LogP contribution in [-0.4, -0.2) is 32.4 Å². The number of carboxylic acids is 1. The topological polar surface area (TPSA) is 65.0 Å². The number of aromatic carboxylic acids is 1. The van der Waals surface area contributed by atoms with Gasteiger partial charge in [0.1, 0.15) is 11.3 Å². The Hall–Kier alpha value is -2.17. The van der Waals surface area contributed by atoms with Crippen molar-refractivity contribution >= 4 is 12.0 Å². The maximum absolute atomic E-state index is 11.1. The maximum atomic E-state index is 11.1. The molecule has 0 fully saturated rings. The molecule has 5 nitrogen and oxygen atoms in total. The van der Waals surface area contributed by atoms with Gasteiger partial charge >= 0.3 is 5.97 Å². The van der Waals surface area contributed by atoms with Crippen molar-refractivity contribution in [1.29, 1.82) is 0 Å². The van der Waals surface area contributed by atoms with Gasteiger partial charge in [-0.15, -0.1) is 0 Å². The Labute approximate surface area is 99.2 Å². The minimum Gasteiger partial charge on any atom is -0.496 e. The van der Waals surface area contributed by atoms with E-state index in [0.717, 1.165) is 0 Å². The minimum atomic E-state index is -1.12. The maximum Gasteiger partial charge on any atom is 0.339 e. The summed E-state index contributed by atoms with van der Waals surface area (Å²) in [5, 5.41) is 9.08. The smallest absolute Gasteiger partial charge is 0.339 e. The first-order chi connectivity index (χ1) is 8.10. The van der Waals surface area contributed by atoms with Crippen LogP contribution in [0, 0.1) is 0 Å². The van der Waals surface area contributed by atoms with E-state index in [1.165, 1.54) is 33.5 Å². The molecule has 0 aromatic heterocycles. The fourth-order valence-electron chi connectivity index (χ4n) is 1.56. The highest BCUT2D eigenvalue weighted by molar-refractivity contribution is 5.94. The molecule has 0 heterocycles. The molecule has 1 aromatic carbocycles. The summed E-state index contributed by atoms with van der Waals surface area (Å²) in [5.74, 6) is -0.306. The van der Waals surface area contributed by atoms with Gasteiger partial charge in [0.05, 0.1) is 26.9 Å². The lowest BCUT2D eigenvalue weighted by Gasteiger charge is -2.16. The Morgan fingerprint density at radius 2 is 1.82 bits per heavy atom. The third-order valence-corrected chi connectivity index (χ3v) is 2.30. The van der Waals surface area contributed by atoms with E-state index in [2.05, 4.69) is 6.58 Å². The number of benzene rings is 1. The van der Waals surface area contributed by atoms with Crippen molar-refractivity contribution in [3.05, 3.63) is 23.8 Å². The summed E-state index contributed by atoms with van der Waals surface area (Å²) in [6, 6.07) is 1.38. The van der Waals surface area contributed by atoms with Gasteiger partial charge in [-0.2, -0.15) is 0 Å². The Kier molecular flexibility index (Phi) is 3.98. The molecule has 1 N–H and O–H groups in total. The van der Waals surface area contributed by atoms with Crippen LogP contribution in [0.25, 0.3) is 6.08 Å². The largest absolute Gasteiger partial charge is 0.496 e. The fourth-order valence-corrected chi connectivity index (χ4v) is 1.56. The number of carboxylic acid groups (broad SMARTS) is 1. The summed E-state index contributed by atoms with van der Waals surface area (Å²) in [6.45, 7) is 3.64. The summed E-state index contributed by atoms with van der Waals surface area (Å²) in [5.41, 5.74) is 0.531. The Morgan fingerprint density at radius 1 is 1.24 bits per heavy atom. The van der Waals surface area contributed by atoms with Crippen molar-refractivity contribution in [1.82, 2.24) is 0 Å². The van der Waals surface area contributed by atoms with Crippen LogP contribution in [0.2, 0.25) is 0 Å². The highest BCUT2D eigenvalue weighted by Crippen LogP contribution is 2.41. The van der Waals surface area contributed by atoms with Crippen LogP contribution in [0.4, 0.5) is 0 Å². The van der Waals surface area contributed by atoms with Gasteiger partial charge in [0.15, 0.2) is 11.5 Å². The van der Waals surface area contributed by atoms with Crippen LogP contribution in [0.3, 0.4) is 0 Å². The van der Waals surface area contributed by atoms with E-state index in [4.69, 9.17) is 19.3 Å². The van der Waals surface area contributed by atoms with E-state index < -0.39 is 5.97 Å². The number of hydrogen-bond acceptors (Lipinski definition) is 4. The van der Waals surface area contributed by atoms with Crippen LogP contribution in [0.1, 0.15) is 15.9 Å². The van der Waals surface area contributed by atoms with Gasteiger partial charge in [-0.3, -0.25) is 0 Å². The van der Waals surface area contributed by atoms with E-state index in [0.29, 0.717) is 17.1 Å². The first-order valence-electron chi connectivity index (χ1n) is 4.79. The van der Waals surface area contributed by atoms with E-state index in [9.17, 15) is 4.79 Å². The zero-order chi connectivity index (χ0) is 13.0. The summed E-state index contributed by atoms with van der Waals surface area (Å²) in [6.07, 6.45) is 1.52. The predicted molar refractivity (Wildman–Crippen MR) is 63.1 cm³/mol. The minimum absolute atomic E-state index is 0.0215. The Morgan fingerprint density at radius 3 is 2.18 bits per heavy atom. The number of carbonyl (C=O) groups is 1. The molecule has 0 aliphatic heterocycles. The van der Waals surface area contributed by atoms with Crippen LogP contribution >= 0.6 is 0 Å². The molecule has 1 aromatic rings. The van der Waals surface area contributed by atoms with Crippen molar-refractivity contribution in [2.24, 2.45) is 0 Å². The molecule has 0 spiro atoms. The van der Waals surface area contributed by atoms with Crippen molar-refractivity contribution in [3.63, 3.8) is 0 Å². The number of ether oxygens (including phenoxy) is 3. The third-order valence-electron chi connectivity index (χ3n) is 2.30. The zero-order valence-electron chi connectivity index (χ0n) is 9.94. The van der Waals surface area contributed by atoms with Gasteiger partial charge in [0, 0.05) is 0 Å². The molecule has 0 amide bonds. The lowest BCUT2D eigenvalue weighted by atomic mass is 10.1. The highest BCUT2D eigenvalue weighted by atomic mass is 16.5. The van der Waals surface area contributed by atoms with Crippen molar-refractivity contribution < 1.29 is 24.1 Å². The van der Waals surface area contributed by atoms with Gasteiger partial charge in [-0.05, 0) is 6.07 Å². The molecule has 0 aliphatic rings. The standard InChI is InChI=1S/C12H14O5/c1-5-7-9(15-2)6-8(12(13)14)11(17-4)10(7)16-3/h5-6H,1H2,2-4H3,(H,13,14). The molecular weight excluding hydrogens is 224 g/mol. The van der Waals surface area contributed by atoms with Crippen LogP contribution in [0.5, 0.6) is 17.2 Å². The lowest BCUT2D eigenvalue weighted by molar-refractivity contribution is 0.0692. The SMILES string of the molecule is C=Cc1c(OC)cc(C(=O)O)c(OC)c1OC. The molecular formula is C12H14O5. The van der Waals surface area contributed by atoms with Gasteiger partial charge in [-0.1, -0.05) is 12.7 Å². The van der Waals surface area contributed by atoms with Gasteiger partial charge in [-0.25, -0.2) is 4.79 Å². The summed E-state index contributed by atoms with van der Waals surface area (Å²) >= 11 is 0. The van der Waals surface area contributed by atoms with Gasteiger partial charge in [0.25, 0.3) is 0 Å². The predicted octanol–water partition coefficient (Wildman–Crippen LogP) is 2.05. The molecule has 0 bridgehead atoms. The fraction of sp³-hybridized carbons (Fsp3) is 0.250. The molecule has 0 radical (unpaired) electrons. The van der Waals surface area contributed by atoms with E-state index in [1.807, 2.05) is 0 Å². The van der Waals surface area contributed by atoms with Crippen LogP contribution < -0.4 is 14.2 Å². The summed E-state index contributed by atoms with van der Waals surface area (Å²) < 4.78 is 15.3. The highest BCUT2D eigenvalue weighted by Gasteiger charge is 2.22. The average molecular weight is 238 g/mol. The quantitative estimate of drug-likeness (QED) is 0.850. The second-order valence-corrected chi connectivity index (χ2v) is 3.12. The van der Waals surface area contributed by atoms with Gasteiger partial charge < -0.3 is 19.3 Å². The monoisotopic (exact) mass is 238 g/mol. The Bertz CT molecular complexity index is 451. The number of hydrogen-bond donors (Lipinski definition) is 1. The van der Waals surface area contributed by atoms with Crippen LogP contribution in [0.15, 0.2) is 12.6 Å². The normalized spacial score (nSPS) is 9.59. The number of methoxy groups -OCH3 is 3. The lowest BCUT2D eigenvalue weighted by Crippen LogP contribution is -2.05.